The second kappa shape index (κ2) is 5.34. The van der Waals surface area contributed by atoms with Gasteiger partial charge in [0.25, 0.3) is 0 Å². The van der Waals surface area contributed by atoms with E-state index < -0.39 is 6.10 Å². The summed E-state index contributed by atoms with van der Waals surface area (Å²) in [5, 5.41) is 10.3. The molecular weight excluding hydrogens is 296 g/mol. The van der Waals surface area contributed by atoms with Gasteiger partial charge in [-0.2, -0.15) is 0 Å². The summed E-state index contributed by atoms with van der Waals surface area (Å²) in [4.78, 5) is 2.32. The number of rotatable bonds is 3. The molecule has 0 bridgehead atoms. The Labute approximate surface area is 114 Å². The van der Waals surface area contributed by atoms with Crippen molar-refractivity contribution in [1.29, 1.82) is 0 Å². The predicted octanol–water partition coefficient (Wildman–Crippen LogP) is 4.46. The first-order valence-electron chi connectivity index (χ1n) is 5.64. The Bertz CT molecular complexity index is 519. The molecule has 0 saturated heterocycles. The van der Waals surface area contributed by atoms with Gasteiger partial charge in [0.15, 0.2) is 0 Å². The van der Waals surface area contributed by atoms with E-state index >= 15 is 0 Å². The monoisotopic (exact) mass is 310 g/mol. The number of benzene rings is 1. The summed E-state index contributed by atoms with van der Waals surface area (Å²) in [5.41, 5.74) is 2.12. The minimum absolute atomic E-state index is 0.516. The van der Waals surface area contributed by atoms with Crippen molar-refractivity contribution in [2.24, 2.45) is 0 Å². The summed E-state index contributed by atoms with van der Waals surface area (Å²) >= 11 is 5.18. The molecule has 0 aliphatic rings. The second-order valence-electron chi connectivity index (χ2n) is 4.07. The van der Waals surface area contributed by atoms with Gasteiger partial charge in [-0.15, -0.1) is 11.3 Å². The third kappa shape index (κ3) is 2.79. The number of thiophene rings is 1. The molecule has 0 radical (unpaired) electrons. The normalized spacial score (nSPS) is 12.7. The third-order valence-corrected chi connectivity index (χ3v) is 4.95. The van der Waals surface area contributed by atoms with Gasteiger partial charge in [0.05, 0.1) is 0 Å². The first kappa shape index (κ1) is 12.8. The van der Waals surface area contributed by atoms with E-state index in [2.05, 4.69) is 28.9 Å². The van der Waals surface area contributed by atoms with Crippen molar-refractivity contribution in [1.82, 2.24) is 0 Å². The van der Waals surface area contributed by atoms with E-state index in [0.29, 0.717) is 0 Å². The summed E-state index contributed by atoms with van der Waals surface area (Å²) < 4.78 is 1.04. The molecule has 0 aliphatic carbocycles. The van der Waals surface area contributed by atoms with Gasteiger partial charge in [0.1, 0.15) is 6.10 Å². The van der Waals surface area contributed by atoms with Crippen LogP contribution in [0.3, 0.4) is 0 Å². The van der Waals surface area contributed by atoms with Crippen molar-refractivity contribution in [2.45, 2.75) is 26.4 Å². The highest BCUT2D eigenvalue weighted by atomic mass is 79.9. The van der Waals surface area contributed by atoms with Gasteiger partial charge >= 0.3 is 0 Å². The fraction of sp³-hybridized carbons (Fsp3) is 0.286. The summed E-state index contributed by atoms with van der Waals surface area (Å²) in [6.45, 7) is 4.17. The maximum atomic E-state index is 10.3. The molecule has 1 aromatic heterocycles. The van der Waals surface area contributed by atoms with E-state index in [0.717, 1.165) is 21.3 Å². The molecule has 1 aromatic carbocycles. The lowest BCUT2D eigenvalue weighted by molar-refractivity contribution is 0.224. The van der Waals surface area contributed by atoms with E-state index in [1.807, 2.05) is 31.2 Å². The average molecular weight is 311 g/mol. The Balaban J connectivity index is 2.29. The van der Waals surface area contributed by atoms with Gasteiger partial charge in [-0.25, -0.2) is 0 Å². The SMILES string of the molecule is CCc1ccc(C(O)c2ccc(C)c(Br)c2)s1. The van der Waals surface area contributed by atoms with Crippen LogP contribution in [0.4, 0.5) is 0 Å². The lowest BCUT2D eigenvalue weighted by Crippen LogP contribution is -1.97. The van der Waals surface area contributed by atoms with E-state index in [1.165, 1.54) is 10.4 Å². The second-order valence-corrected chi connectivity index (χ2v) is 6.12. The molecule has 1 atom stereocenters. The smallest absolute Gasteiger partial charge is 0.113 e. The van der Waals surface area contributed by atoms with Crippen molar-refractivity contribution < 1.29 is 5.11 Å². The molecule has 1 N–H and O–H groups in total. The molecule has 1 nitrogen and oxygen atoms in total. The molecular formula is C14H15BrOS. The van der Waals surface area contributed by atoms with Crippen LogP contribution in [0.1, 0.15) is 33.9 Å². The fourth-order valence-electron chi connectivity index (χ4n) is 1.67. The maximum absolute atomic E-state index is 10.3. The Morgan fingerprint density at radius 3 is 2.65 bits per heavy atom. The van der Waals surface area contributed by atoms with Crippen LogP contribution in [0.5, 0.6) is 0 Å². The number of hydrogen-bond donors (Lipinski definition) is 1. The zero-order valence-corrected chi connectivity index (χ0v) is 12.3. The number of aryl methyl sites for hydroxylation is 2. The van der Waals surface area contributed by atoms with Crippen LogP contribution >= 0.6 is 27.3 Å². The van der Waals surface area contributed by atoms with Crippen molar-refractivity contribution >= 4 is 27.3 Å². The maximum Gasteiger partial charge on any atom is 0.113 e. The van der Waals surface area contributed by atoms with E-state index in [1.54, 1.807) is 11.3 Å². The van der Waals surface area contributed by atoms with Crippen molar-refractivity contribution in [3.63, 3.8) is 0 Å². The van der Waals surface area contributed by atoms with Crippen LogP contribution in [0.25, 0.3) is 0 Å². The van der Waals surface area contributed by atoms with Crippen LogP contribution in [-0.2, 0) is 6.42 Å². The molecule has 0 amide bonds. The number of aliphatic hydroxyl groups is 1. The summed E-state index contributed by atoms with van der Waals surface area (Å²) in [7, 11) is 0. The van der Waals surface area contributed by atoms with Crippen molar-refractivity contribution in [3.8, 4) is 0 Å². The van der Waals surface area contributed by atoms with Crippen LogP contribution < -0.4 is 0 Å². The zero-order chi connectivity index (χ0) is 12.4. The lowest BCUT2D eigenvalue weighted by Gasteiger charge is -2.10. The van der Waals surface area contributed by atoms with Gasteiger partial charge in [-0.3, -0.25) is 0 Å². The minimum Gasteiger partial charge on any atom is -0.383 e. The van der Waals surface area contributed by atoms with Gasteiger partial charge in [0, 0.05) is 14.2 Å². The molecule has 0 saturated carbocycles. The van der Waals surface area contributed by atoms with E-state index in [9.17, 15) is 5.11 Å². The van der Waals surface area contributed by atoms with Crippen molar-refractivity contribution in [3.05, 3.63) is 55.7 Å². The van der Waals surface area contributed by atoms with Crippen molar-refractivity contribution in [2.75, 3.05) is 0 Å². The Hall–Kier alpha value is -0.640. The summed E-state index contributed by atoms with van der Waals surface area (Å²) in [5.74, 6) is 0. The van der Waals surface area contributed by atoms with Gasteiger partial charge in [-0.1, -0.05) is 35.0 Å². The Morgan fingerprint density at radius 2 is 2.06 bits per heavy atom. The topological polar surface area (TPSA) is 20.2 Å². The number of halogens is 1. The molecule has 0 aliphatic heterocycles. The molecule has 17 heavy (non-hydrogen) atoms. The van der Waals surface area contributed by atoms with Gasteiger partial charge in [0.2, 0.25) is 0 Å². The van der Waals surface area contributed by atoms with Crippen LogP contribution in [-0.4, -0.2) is 5.11 Å². The number of aliphatic hydroxyl groups excluding tert-OH is 1. The average Bonchev–Trinajstić information content (AvgIpc) is 2.80. The molecule has 2 rings (SSSR count). The molecule has 0 spiro atoms. The van der Waals surface area contributed by atoms with Crippen LogP contribution in [0, 0.1) is 6.92 Å². The highest BCUT2D eigenvalue weighted by molar-refractivity contribution is 9.10. The highest BCUT2D eigenvalue weighted by Crippen LogP contribution is 2.30. The molecule has 0 fully saturated rings. The Morgan fingerprint density at radius 1 is 1.29 bits per heavy atom. The highest BCUT2D eigenvalue weighted by Gasteiger charge is 2.13. The first-order valence-corrected chi connectivity index (χ1v) is 7.25. The van der Waals surface area contributed by atoms with E-state index in [4.69, 9.17) is 0 Å². The van der Waals surface area contributed by atoms with Gasteiger partial charge < -0.3 is 5.11 Å². The molecule has 1 unspecified atom stereocenters. The molecule has 2 aromatic rings. The number of hydrogen-bond acceptors (Lipinski definition) is 2. The third-order valence-electron chi connectivity index (χ3n) is 2.81. The first-order chi connectivity index (χ1) is 8.11. The quantitative estimate of drug-likeness (QED) is 0.887. The summed E-state index contributed by atoms with van der Waals surface area (Å²) in [6, 6.07) is 10.1. The predicted molar refractivity (Wildman–Crippen MR) is 76.6 cm³/mol. The largest absolute Gasteiger partial charge is 0.383 e. The molecule has 90 valence electrons. The zero-order valence-electron chi connectivity index (χ0n) is 9.90. The van der Waals surface area contributed by atoms with Gasteiger partial charge in [-0.05, 0) is 42.7 Å². The molecule has 3 heteroatoms. The lowest BCUT2D eigenvalue weighted by atomic mass is 10.1. The fourth-order valence-corrected chi connectivity index (χ4v) is 3.04. The summed E-state index contributed by atoms with van der Waals surface area (Å²) in [6.07, 6.45) is 0.506. The Kier molecular flexibility index (Phi) is 4.02. The van der Waals surface area contributed by atoms with Crippen LogP contribution in [0.15, 0.2) is 34.8 Å². The molecule has 1 heterocycles. The van der Waals surface area contributed by atoms with E-state index in [-0.39, 0.29) is 0 Å². The minimum atomic E-state index is -0.516. The standard InChI is InChI=1S/C14H15BrOS/c1-3-11-6-7-13(17-11)14(16)10-5-4-9(2)12(15)8-10/h4-8,14,16H,3H2,1-2H3. The van der Waals surface area contributed by atoms with Crippen LogP contribution in [0.2, 0.25) is 0 Å².